The summed E-state index contributed by atoms with van der Waals surface area (Å²) in [4.78, 5) is 28.9. The summed E-state index contributed by atoms with van der Waals surface area (Å²) in [6.07, 6.45) is 1.42. The third kappa shape index (κ3) is 4.86. The smallest absolute Gasteiger partial charge is 0.270 e. The van der Waals surface area contributed by atoms with Gasteiger partial charge in [0.05, 0.1) is 12.8 Å². The first kappa shape index (κ1) is 19.4. The van der Waals surface area contributed by atoms with Crippen LogP contribution in [0, 0.1) is 0 Å². The maximum absolute atomic E-state index is 12.5. The summed E-state index contributed by atoms with van der Waals surface area (Å²) in [6.45, 7) is 0.329. The lowest BCUT2D eigenvalue weighted by atomic mass is 10.2. The molecular formula is C21H18ClN3O3. The first-order valence-electron chi connectivity index (χ1n) is 8.50. The van der Waals surface area contributed by atoms with E-state index in [1.807, 2.05) is 18.2 Å². The number of ether oxygens (including phenoxy) is 1. The Morgan fingerprint density at radius 1 is 1.04 bits per heavy atom. The number of carbonyl (C=O) groups is 2. The first-order chi connectivity index (χ1) is 13.6. The van der Waals surface area contributed by atoms with Gasteiger partial charge in [0.25, 0.3) is 11.8 Å². The lowest BCUT2D eigenvalue weighted by molar-refractivity contribution is 0.0946. The van der Waals surface area contributed by atoms with Gasteiger partial charge in [0, 0.05) is 23.3 Å². The van der Waals surface area contributed by atoms with Gasteiger partial charge in [-0.3, -0.25) is 14.6 Å². The van der Waals surface area contributed by atoms with E-state index in [4.69, 9.17) is 16.3 Å². The van der Waals surface area contributed by atoms with Crippen molar-refractivity contribution >= 4 is 29.1 Å². The lowest BCUT2D eigenvalue weighted by Gasteiger charge is -2.10. The number of halogens is 1. The van der Waals surface area contributed by atoms with Crippen LogP contribution in [-0.2, 0) is 6.54 Å². The molecule has 0 saturated carbocycles. The van der Waals surface area contributed by atoms with Crippen molar-refractivity contribution in [1.82, 2.24) is 10.3 Å². The van der Waals surface area contributed by atoms with Crippen molar-refractivity contribution in [2.45, 2.75) is 6.54 Å². The van der Waals surface area contributed by atoms with Gasteiger partial charge in [-0.05, 0) is 42.0 Å². The topological polar surface area (TPSA) is 80.3 Å². The summed E-state index contributed by atoms with van der Waals surface area (Å²) < 4.78 is 5.23. The SMILES string of the molecule is COc1ccccc1NC(=O)c1ccnc(C(=O)NCc2ccc(Cl)cc2)c1. The zero-order chi connectivity index (χ0) is 19.9. The molecule has 2 N–H and O–H groups in total. The van der Waals surface area contributed by atoms with E-state index >= 15 is 0 Å². The van der Waals surface area contributed by atoms with Crippen molar-refractivity contribution < 1.29 is 14.3 Å². The van der Waals surface area contributed by atoms with E-state index in [-0.39, 0.29) is 17.5 Å². The van der Waals surface area contributed by atoms with Gasteiger partial charge in [0.15, 0.2) is 0 Å². The van der Waals surface area contributed by atoms with E-state index in [9.17, 15) is 9.59 Å². The van der Waals surface area contributed by atoms with E-state index in [0.29, 0.717) is 28.6 Å². The molecule has 7 heteroatoms. The number of pyridine rings is 1. The summed E-state index contributed by atoms with van der Waals surface area (Å²) in [5, 5.41) is 6.17. The molecular weight excluding hydrogens is 378 g/mol. The number of hydrogen-bond acceptors (Lipinski definition) is 4. The van der Waals surface area contributed by atoms with Gasteiger partial charge in [0.2, 0.25) is 0 Å². The summed E-state index contributed by atoms with van der Waals surface area (Å²) in [5.74, 6) is -0.189. The van der Waals surface area contributed by atoms with Crippen LogP contribution in [0.1, 0.15) is 26.4 Å². The van der Waals surface area contributed by atoms with Crippen LogP contribution in [0.2, 0.25) is 5.02 Å². The Labute approximate surface area is 167 Å². The fourth-order valence-corrected chi connectivity index (χ4v) is 2.64. The average Bonchev–Trinajstić information content (AvgIpc) is 2.73. The van der Waals surface area contributed by atoms with Crippen LogP contribution in [-0.4, -0.2) is 23.9 Å². The van der Waals surface area contributed by atoms with Crippen LogP contribution in [0.3, 0.4) is 0 Å². The van der Waals surface area contributed by atoms with Crippen molar-refractivity contribution in [2.24, 2.45) is 0 Å². The molecule has 0 fully saturated rings. The van der Waals surface area contributed by atoms with Crippen molar-refractivity contribution in [1.29, 1.82) is 0 Å². The Morgan fingerprint density at radius 2 is 1.79 bits per heavy atom. The molecule has 1 heterocycles. The second-order valence-corrected chi connectivity index (χ2v) is 6.33. The molecule has 3 aromatic rings. The number of methoxy groups -OCH3 is 1. The predicted molar refractivity (Wildman–Crippen MR) is 108 cm³/mol. The number of nitrogens with one attached hydrogen (secondary N) is 2. The minimum absolute atomic E-state index is 0.154. The Morgan fingerprint density at radius 3 is 2.54 bits per heavy atom. The predicted octanol–water partition coefficient (Wildman–Crippen LogP) is 3.93. The Balaban J connectivity index is 1.68. The van der Waals surface area contributed by atoms with Gasteiger partial charge in [-0.2, -0.15) is 0 Å². The van der Waals surface area contributed by atoms with Crippen molar-refractivity contribution in [2.75, 3.05) is 12.4 Å². The standard InChI is InChI=1S/C21H18ClN3O3/c1-28-19-5-3-2-4-17(19)25-20(26)15-10-11-23-18(12-15)21(27)24-13-14-6-8-16(22)9-7-14/h2-12H,13H2,1H3,(H,24,27)(H,25,26). The summed E-state index contributed by atoms with van der Waals surface area (Å²) >= 11 is 5.85. The molecule has 0 aliphatic rings. The Bertz CT molecular complexity index is 990. The molecule has 3 rings (SSSR count). The molecule has 1 aromatic heterocycles. The number of hydrogen-bond donors (Lipinski definition) is 2. The summed E-state index contributed by atoms with van der Waals surface area (Å²) in [6, 6.07) is 17.2. The summed E-state index contributed by atoms with van der Waals surface area (Å²) in [5.41, 5.74) is 1.92. The quantitative estimate of drug-likeness (QED) is 0.662. The largest absolute Gasteiger partial charge is 0.495 e. The van der Waals surface area contributed by atoms with Crippen LogP contribution in [0.5, 0.6) is 5.75 Å². The first-order valence-corrected chi connectivity index (χ1v) is 8.87. The number of para-hydroxylation sites is 2. The van der Waals surface area contributed by atoms with Crippen molar-refractivity contribution in [3.8, 4) is 5.75 Å². The van der Waals surface area contributed by atoms with Crippen LogP contribution < -0.4 is 15.4 Å². The maximum Gasteiger partial charge on any atom is 0.270 e. The third-order valence-corrected chi connectivity index (χ3v) is 4.23. The zero-order valence-corrected chi connectivity index (χ0v) is 15.9. The second-order valence-electron chi connectivity index (χ2n) is 5.89. The zero-order valence-electron chi connectivity index (χ0n) is 15.1. The van der Waals surface area contributed by atoms with E-state index in [2.05, 4.69) is 15.6 Å². The lowest BCUT2D eigenvalue weighted by Crippen LogP contribution is -2.24. The van der Waals surface area contributed by atoms with Gasteiger partial charge >= 0.3 is 0 Å². The molecule has 0 saturated heterocycles. The molecule has 2 aromatic carbocycles. The molecule has 0 radical (unpaired) electrons. The Kier molecular flexibility index (Phi) is 6.24. The van der Waals surface area contributed by atoms with E-state index < -0.39 is 0 Å². The molecule has 0 unspecified atom stereocenters. The third-order valence-electron chi connectivity index (χ3n) is 3.98. The highest BCUT2D eigenvalue weighted by molar-refractivity contribution is 6.30. The molecule has 2 amide bonds. The van der Waals surface area contributed by atoms with Gasteiger partial charge < -0.3 is 15.4 Å². The van der Waals surface area contributed by atoms with Crippen molar-refractivity contribution in [3.05, 3.63) is 88.7 Å². The number of anilines is 1. The minimum Gasteiger partial charge on any atom is -0.495 e. The molecule has 0 aliphatic carbocycles. The van der Waals surface area contributed by atoms with Gasteiger partial charge in [-0.15, -0.1) is 0 Å². The monoisotopic (exact) mass is 395 g/mol. The van der Waals surface area contributed by atoms with Crippen LogP contribution in [0.4, 0.5) is 5.69 Å². The van der Waals surface area contributed by atoms with E-state index in [1.165, 1.54) is 19.4 Å². The van der Waals surface area contributed by atoms with Crippen LogP contribution in [0.15, 0.2) is 66.9 Å². The number of amides is 2. The highest BCUT2D eigenvalue weighted by Crippen LogP contribution is 2.23. The van der Waals surface area contributed by atoms with Crippen LogP contribution >= 0.6 is 11.6 Å². The molecule has 142 valence electrons. The second kappa shape index (κ2) is 9.01. The highest BCUT2D eigenvalue weighted by Gasteiger charge is 2.13. The number of aromatic nitrogens is 1. The maximum atomic E-state index is 12.5. The number of rotatable bonds is 6. The number of benzene rings is 2. The molecule has 0 spiro atoms. The molecule has 6 nitrogen and oxygen atoms in total. The van der Waals surface area contributed by atoms with Gasteiger partial charge in [-0.1, -0.05) is 35.9 Å². The Hall–Kier alpha value is -3.38. The van der Waals surface area contributed by atoms with Gasteiger partial charge in [-0.25, -0.2) is 0 Å². The highest BCUT2D eigenvalue weighted by atomic mass is 35.5. The summed E-state index contributed by atoms with van der Waals surface area (Å²) in [7, 11) is 1.53. The van der Waals surface area contributed by atoms with Crippen LogP contribution in [0.25, 0.3) is 0 Å². The number of nitrogens with zero attached hydrogens (tertiary/aromatic N) is 1. The number of carbonyl (C=O) groups excluding carboxylic acids is 2. The van der Waals surface area contributed by atoms with E-state index in [0.717, 1.165) is 5.56 Å². The molecule has 0 bridgehead atoms. The van der Waals surface area contributed by atoms with Gasteiger partial charge in [0.1, 0.15) is 11.4 Å². The minimum atomic E-state index is -0.373. The normalized spacial score (nSPS) is 10.2. The van der Waals surface area contributed by atoms with Crippen molar-refractivity contribution in [3.63, 3.8) is 0 Å². The molecule has 0 atom stereocenters. The van der Waals surface area contributed by atoms with E-state index in [1.54, 1.807) is 36.4 Å². The fraction of sp³-hybridized carbons (Fsp3) is 0.0952. The molecule has 0 aliphatic heterocycles. The average molecular weight is 396 g/mol. The fourth-order valence-electron chi connectivity index (χ4n) is 2.51. The molecule has 28 heavy (non-hydrogen) atoms.